The predicted octanol–water partition coefficient (Wildman–Crippen LogP) is 2.46. The van der Waals surface area contributed by atoms with Crippen LogP contribution in [0.15, 0.2) is 10.5 Å². The highest BCUT2D eigenvalue weighted by Gasteiger charge is 2.32. The van der Waals surface area contributed by atoms with Crippen molar-refractivity contribution in [3.8, 4) is 17.2 Å². The van der Waals surface area contributed by atoms with Gasteiger partial charge in [0.25, 0.3) is 0 Å². The zero-order valence-corrected chi connectivity index (χ0v) is 11.6. The molecule has 1 N–H and O–H groups in total. The summed E-state index contributed by atoms with van der Waals surface area (Å²) in [5, 5.41) is 10.2. The minimum Gasteiger partial charge on any atom is -0.495 e. The van der Waals surface area contributed by atoms with Gasteiger partial charge in [-0.2, -0.15) is 0 Å². The van der Waals surface area contributed by atoms with Gasteiger partial charge in [-0.05, 0) is 29.8 Å². The third-order valence-corrected chi connectivity index (χ3v) is 3.14. The molecule has 0 bridgehead atoms. The first-order valence-electron chi connectivity index (χ1n) is 5.34. The summed E-state index contributed by atoms with van der Waals surface area (Å²) in [5.74, 6) is 1.76. The van der Waals surface area contributed by atoms with Crippen molar-refractivity contribution in [1.29, 1.82) is 0 Å². The van der Waals surface area contributed by atoms with E-state index in [1.165, 1.54) is 0 Å². The molecular weight excluding hydrogens is 288 g/mol. The van der Waals surface area contributed by atoms with Gasteiger partial charge in [-0.15, -0.1) is 0 Å². The fraction of sp³-hybridized carbons (Fsp3) is 0.500. The molecular formula is C12H15BrO4. The van der Waals surface area contributed by atoms with E-state index in [4.69, 9.17) is 14.2 Å². The van der Waals surface area contributed by atoms with E-state index in [-0.39, 0.29) is 0 Å². The lowest BCUT2D eigenvalue weighted by molar-refractivity contribution is 0.0669. The number of hydrogen-bond acceptors (Lipinski definition) is 4. The predicted molar refractivity (Wildman–Crippen MR) is 66.9 cm³/mol. The van der Waals surface area contributed by atoms with Crippen LogP contribution in [0, 0.1) is 0 Å². The molecule has 0 saturated carbocycles. The van der Waals surface area contributed by atoms with Gasteiger partial charge in [-0.1, -0.05) is 0 Å². The van der Waals surface area contributed by atoms with E-state index >= 15 is 0 Å². The highest BCUT2D eigenvalue weighted by molar-refractivity contribution is 9.10. The third-order valence-electron chi connectivity index (χ3n) is 2.56. The van der Waals surface area contributed by atoms with Crippen LogP contribution in [0.1, 0.15) is 19.4 Å². The van der Waals surface area contributed by atoms with Crippen molar-refractivity contribution >= 4 is 15.9 Å². The van der Waals surface area contributed by atoms with Crippen molar-refractivity contribution in [2.24, 2.45) is 0 Å². The Morgan fingerprint density at radius 1 is 1.35 bits per heavy atom. The average molecular weight is 303 g/mol. The molecule has 0 spiro atoms. The van der Waals surface area contributed by atoms with Crippen LogP contribution < -0.4 is 14.2 Å². The van der Waals surface area contributed by atoms with Crippen molar-refractivity contribution in [3.63, 3.8) is 0 Å². The Bertz CT molecular complexity index is 437. The molecule has 5 heteroatoms. The quantitative estimate of drug-likeness (QED) is 0.912. The number of hydrogen-bond donors (Lipinski definition) is 1. The van der Waals surface area contributed by atoms with Gasteiger partial charge in [-0.3, -0.25) is 0 Å². The Morgan fingerprint density at radius 3 is 2.59 bits per heavy atom. The smallest absolute Gasteiger partial charge is 0.171 e. The summed E-state index contributed by atoms with van der Waals surface area (Å²) in [7, 11) is 1.56. The maximum Gasteiger partial charge on any atom is 0.171 e. The SMILES string of the molecule is COc1c(Br)cc2c(c1C(C)(C)O)OCCO2. The normalized spacial score (nSPS) is 14.6. The Labute approximate surface area is 109 Å². The molecule has 1 heterocycles. The van der Waals surface area contributed by atoms with Crippen LogP contribution in [0.2, 0.25) is 0 Å². The number of methoxy groups -OCH3 is 1. The lowest BCUT2D eigenvalue weighted by Crippen LogP contribution is -2.23. The second-order valence-corrected chi connectivity index (χ2v) is 5.20. The van der Waals surface area contributed by atoms with Crippen LogP contribution in [0.4, 0.5) is 0 Å². The zero-order chi connectivity index (χ0) is 12.6. The first-order chi connectivity index (χ1) is 7.95. The number of rotatable bonds is 2. The van der Waals surface area contributed by atoms with Gasteiger partial charge in [0.2, 0.25) is 0 Å². The summed E-state index contributed by atoms with van der Waals surface area (Å²) >= 11 is 3.41. The lowest BCUT2D eigenvalue weighted by Gasteiger charge is -2.29. The first-order valence-corrected chi connectivity index (χ1v) is 6.13. The molecule has 0 aliphatic carbocycles. The van der Waals surface area contributed by atoms with Gasteiger partial charge >= 0.3 is 0 Å². The molecule has 94 valence electrons. The van der Waals surface area contributed by atoms with Gasteiger partial charge in [0.15, 0.2) is 11.5 Å². The molecule has 0 radical (unpaired) electrons. The second-order valence-electron chi connectivity index (χ2n) is 4.35. The Kier molecular flexibility index (Phi) is 3.23. The molecule has 0 atom stereocenters. The third kappa shape index (κ3) is 2.21. The van der Waals surface area contributed by atoms with Gasteiger partial charge < -0.3 is 19.3 Å². The molecule has 1 aromatic rings. The zero-order valence-electron chi connectivity index (χ0n) is 10.0. The van der Waals surface area contributed by atoms with Crippen molar-refractivity contribution < 1.29 is 19.3 Å². The molecule has 1 aliphatic heterocycles. The van der Waals surface area contributed by atoms with Gasteiger partial charge in [0.1, 0.15) is 19.0 Å². The minimum absolute atomic E-state index is 0.473. The second kappa shape index (κ2) is 4.38. The van der Waals surface area contributed by atoms with Crippen LogP contribution in [0.5, 0.6) is 17.2 Å². The van der Waals surface area contributed by atoms with Gasteiger partial charge in [0.05, 0.1) is 22.7 Å². The molecule has 0 fully saturated rings. The highest BCUT2D eigenvalue weighted by Crippen LogP contribution is 2.48. The summed E-state index contributed by atoms with van der Waals surface area (Å²) in [4.78, 5) is 0. The Hall–Kier alpha value is -0.940. The fourth-order valence-electron chi connectivity index (χ4n) is 1.89. The summed E-state index contributed by atoms with van der Waals surface area (Å²) in [5.41, 5.74) is -0.469. The topological polar surface area (TPSA) is 47.9 Å². The first kappa shape index (κ1) is 12.5. The van der Waals surface area contributed by atoms with Crippen molar-refractivity contribution in [1.82, 2.24) is 0 Å². The van der Waals surface area contributed by atoms with Crippen molar-refractivity contribution in [3.05, 3.63) is 16.1 Å². The Morgan fingerprint density at radius 2 is 2.00 bits per heavy atom. The molecule has 1 aromatic carbocycles. The monoisotopic (exact) mass is 302 g/mol. The molecule has 4 nitrogen and oxygen atoms in total. The number of halogens is 1. The maximum atomic E-state index is 10.2. The molecule has 2 rings (SSSR count). The van der Waals surface area contributed by atoms with Crippen LogP contribution in [0.3, 0.4) is 0 Å². The minimum atomic E-state index is -1.07. The summed E-state index contributed by atoms with van der Waals surface area (Å²) in [6.45, 7) is 4.36. The molecule has 0 aromatic heterocycles. The number of ether oxygens (including phenoxy) is 3. The maximum absolute atomic E-state index is 10.2. The van der Waals surface area contributed by atoms with Crippen molar-refractivity contribution in [2.45, 2.75) is 19.4 Å². The van der Waals surface area contributed by atoms with E-state index in [2.05, 4.69) is 15.9 Å². The van der Waals surface area contributed by atoms with Crippen LogP contribution in [-0.2, 0) is 5.60 Å². The van der Waals surface area contributed by atoms with Crippen LogP contribution >= 0.6 is 15.9 Å². The fourth-order valence-corrected chi connectivity index (χ4v) is 2.46. The largest absolute Gasteiger partial charge is 0.495 e. The summed E-state index contributed by atoms with van der Waals surface area (Å²) in [6, 6.07) is 1.79. The van der Waals surface area contributed by atoms with E-state index in [0.29, 0.717) is 36.0 Å². The standard InChI is InChI=1S/C12H15BrO4/c1-12(2,14)9-10(15-3)7(13)6-8-11(9)17-5-4-16-8/h6,14H,4-5H2,1-3H3. The van der Waals surface area contributed by atoms with Crippen LogP contribution in [-0.4, -0.2) is 25.4 Å². The lowest BCUT2D eigenvalue weighted by atomic mass is 9.95. The van der Waals surface area contributed by atoms with E-state index in [1.54, 1.807) is 27.0 Å². The van der Waals surface area contributed by atoms with E-state index < -0.39 is 5.60 Å². The van der Waals surface area contributed by atoms with E-state index in [1.807, 2.05) is 0 Å². The van der Waals surface area contributed by atoms with E-state index in [0.717, 1.165) is 4.47 Å². The molecule has 0 amide bonds. The average Bonchev–Trinajstić information content (AvgIpc) is 2.25. The molecule has 17 heavy (non-hydrogen) atoms. The Balaban J connectivity index is 2.70. The van der Waals surface area contributed by atoms with Crippen LogP contribution in [0.25, 0.3) is 0 Å². The van der Waals surface area contributed by atoms with Gasteiger partial charge in [0, 0.05) is 6.07 Å². The van der Waals surface area contributed by atoms with Gasteiger partial charge in [-0.25, -0.2) is 0 Å². The number of fused-ring (bicyclic) bond motifs is 1. The van der Waals surface area contributed by atoms with Crippen molar-refractivity contribution in [2.75, 3.05) is 20.3 Å². The number of aliphatic hydroxyl groups is 1. The molecule has 0 unspecified atom stereocenters. The van der Waals surface area contributed by atoms with E-state index in [9.17, 15) is 5.11 Å². The summed E-state index contributed by atoms with van der Waals surface area (Å²) in [6.07, 6.45) is 0. The molecule has 0 saturated heterocycles. The highest BCUT2D eigenvalue weighted by atomic mass is 79.9. The number of benzene rings is 1. The summed E-state index contributed by atoms with van der Waals surface area (Å²) < 4.78 is 17.2. The molecule has 1 aliphatic rings.